The smallest absolute Gasteiger partial charge is 0.227 e. The van der Waals surface area contributed by atoms with Gasteiger partial charge in [0.2, 0.25) is 5.95 Å². The van der Waals surface area contributed by atoms with Crippen molar-refractivity contribution in [2.75, 3.05) is 12.4 Å². The zero-order valence-electron chi connectivity index (χ0n) is 16.8. The molecule has 0 bridgehead atoms. The molecule has 0 aliphatic heterocycles. The van der Waals surface area contributed by atoms with Gasteiger partial charge in [0.05, 0.1) is 12.7 Å². The van der Waals surface area contributed by atoms with E-state index < -0.39 is 0 Å². The summed E-state index contributed by atoms with van der Waals surface area (Å²) in [5, 5.41) is 3.32. The van der Waals surface area contributed by atoms with E-state index in [1.165, 1.54) is 0 Å². The second-order valence-corrected chi connectivity index (χ2v) is 7.31. The first-order valence-corrected chi connectivity index (χ1v) is 9.23. The summed E-state index contributed by atoms with van der Waals surface area (Å²) in [6.45, 7) is 10.5. The highest BCUT2D eigenvalue weighted by molar-refractivity contribution is 5.70. The first-order valence-electron chi connectivity index (χ1n) is 9.23. The summed E-state index contributed by atoms with van der Waals surface area (Å²) in [7, 11) is 1.66. The van der Waals surface area contributed by atoms with Crippen LogP contribution in [0.4, 0.5) is 11.6 Å². The van der Waals surface area contributed by atoms with Gasteiger partial charge in [-0.2, -0.15) is 0 Å². The lowest BCUT2D eigenvalue weighted by Gasteiger charge is -2.14. The molecule has 0 spiro atoms. The molecule has 0 fully saturated rings. The van der Waals surface area contributed by atoms with Gasteiger partial charge in [-0.05, 0) is 37.0 Å². The summed E-state index contributed by atoms with van der Waals surface area (Å²) in [6, 6.07) is 7.99. The molecular weight excluding hydrogens is 338 g/mol. The van der Waals surface area contributed by atoms with E-state index in [1.807, 2.05) is 25.1 Å². The number of methoxy groups -OCH3 is 1. The van der Waals surface area contributed by atoms with Gasteiger partial charge in [0, 0.05) is 35.0 Å². The van der Waals surface area contributed by atoms with Gasteiger partial charge in [-0.1, -0.05) is 27.7 Å². The number of imidazole rings is 1. The zero-order chi connectivity index (χ0) is 19.6. The lowest BCUT2D eigenvalue weighted by molar-refractivity contribution is 0.416. The minimum atomic E-state index is 0.338. The van der Waals surface area contributed by atoms with Gasteiger partial charge in [-0.3, -0.25) is 0 Å². The third kappa shape index (κ3) is 4.27. The molecule has 0 saturated heterocycles. The quantitative estimate of drug-likeness (QED) is 0.630. The lowest BCUT2D eigenvalue weighted by atomic mass is 10.1. The van der Waals surface area contributed by atoms with E-state index in [0.717, 1.165) is 39.9 Å². The van der Waals surface area contributed by atoms with Crippen LogP contribution in [0.5, 0.6) is 5.75 Å². The van der Waals surface area contributed by atoms with Crippen LogP contribution in [0.2, 0.25) is 0 Å². The van der Waals surface area contributed by atoms with Crippen LogP contribution in [0.3, 0.4) is 0 Å². The monoisotopic (exact) mass is 365 g/mol. The number of rotatable bonds is 6. The van der Waals surface area contributed by atoms with E-state index in [-0.39, 0.29) is 0 Å². The molecule has 2 aromatic heterocycles. The van der Waals surface area contributed by atoms with Crippen molar-refractivity contribution in [2.45, 2.75) is 46.5 Å². The first kappa shape index (κ1) is 18.9. The molecule has 6 nitrogen and oxygen atoms in total. The predicted octanol–water partition coefficient (Wildman–Crippen LogP) is 5.17. The number of aryl methyl sites for hydroxylation is 1. The fraction of sp³-hybridized carbons (Fsp3) is 0.381. The van der Waals surface area contributed by atoms with Crippen LogP contribution in [-0.2, 0) is 0 Å². The average molecular weight is 365 g/mol. The minimum Gasteiger partial charge on any atom is -0.496 e. The molecule has 0 saturated carbocycles. The number of hydrogen-bond donors (Lipinski definition) is 2. The maximum Gasteiger partial charge on any atom is 0.227 e. The normalized spacial score (nSPS) is 11.3. The Morgan fingerprint density at radius 2 is 1.67 bits per heavy atom. The van der Waals surface area contributed by atoms with Crippen LogP contribution in [0, 0.1) is 6.92 Å². The molecular formula is C21H27N5O. The van der Waals surface area contributed by atoms with Crippen molar-refractivity contribution in [3.05, 3.63) is 47.5 Å². The molecule has 0 atom stereocenters. The molecule has 2 N–H and O–H groups in total. The summed E-state index contributed by atoms with van der Waals surface area (Å²) in [6.07, 6.45) is 1.81. The van der Waals surface area contributed by atoms with Gasteiger partial charge >= 0.3 is 0 Å². The highest BCUT2D eigenvalue weighted by Gasteiger charge is 2.13. The molecule has 1 aromatic carbocycles. The first-order chi connectivity index (χ1) is 12.9. The third-order valence-corrected chi connectivity index (χ3v) is 4.36. The second kappa shape index (κ2) is 7.78. The topological polar surface area (TPSA) is 75.7 Å². The number of aromatic amines is 1. The number of anilines is 2. The Balaban J connectivity index is 1.94. The Bertz CT molecular complexity index is 904. The number of aromatic nitrogens is 4. The van der Waals surface area contributed by atoms with Crippen LogP contribution in [0.25, 0.3) is 11.4 Å². The van der Waals surface area contributed by atoms with Gasteiger partial charge in [-0.25, -0.2) is 15.0 Å². The van der Waals surface area contributed by atoms with E-state index in [2.05, 4.69) is 59.0 Å². The summed E-state index contributed by atoms with van der Waals surface area (Å²) >= 11 is 0. The molecule has 0 radical (unpaired) electrons. The number of nitrogens with zero attached hydrogens (tertiary/aromatic N) is 3. The molecule has 0 amide bonds. The van der Waals surface area contributed by atoms with Crippen molar-refractivity contribution >= 4 is 11.6 Å². The average Bonchev–Trinajstić information content (AvgIpc) is 3.07. The van der Waals surface area contributed by atoms with E-state index in [9.17, 15) is 0 Å². The fourth-order valence-electron chi connectivity index (χ4n) is 2.78. The molecule has 0 aliphatic rings. The Hall–Kier alpha value is -2.89. The third-order valence-electron chi connectivity index (χ3n) is 4.36. The van der Waals surface area contributed by atoms with E-state index in [0.29, 0.717) is 17.8 Å². The predicted molar refractivity (Wildman–Crippen MR) is 109 cm³/mol. The Labute approximate surface area is 160 Å². The van der Waals surface area contributed by atoms with Crippen LogP contribution < -0.4 is 10.1 Å². The molecule has 3 aromatic rings. The van der Waals surface area contributed by atoms with E-state index in [1.54, 1.807) is 13.3 Å². The highest BCUT2D eigenvalue weighted by atomic mass is 16.5. The maximum atomic E-state index is 5.57. The molecule has 142 valence electrons. The molecule has 0 unspecified atom stereocenters. The SMILES string of the molecule is COc1cc(Nc2nc(C(C)C)cc(C(C)C)n2)ccc1-c1ncc(C)[nH]1. The van der Waals surface area contributed by atoms with Gasteiger partial charge < -0.3 is 15.0 Å². The summed E-state index contributed by atoms with van der Waals surface area (Å²) < 4.78 is 5.57. The number of nitrogens with one attached hydrogen (secondary N) is 2. The largest absolute Gasteiger partial charge is 0.496 e. The fourth-order valence-corrected chi connectivity index (χ4v) is 2.78. The number of benzene rings is 1. The number of hydrogen-bond acceptors (Lipinski definition) is 5. The van der Waals surface area contributed by atoms with Crippen molar-refractivity contribution in [2.24, 2.45) is 0 Å². The van der Waals surface area contributed by atoms with Crippen molar-refractivity contribution in [1.29, 1.82) is 0 Å². The highest BCUT2D eigenvalue weighted by Crippen LogP contribution is 2.32. The van der Waals surface area contributed by atoms with Gasteiger partial charge in [0.1, 0.15) is 11.6 Å². The van der Waals surface area contributed by atoms with Crippen LogP contribution in [-0.4, -0.2) is 27.0 Å². The van der Waals surface area contributed by atoms with Crippen molar-refractivity contribution in [3.8, 4) is 17.1 Å². The number of ether oxygens (including phenoxy) is 1. The summed E-state index contributed by atoms with van der Waals surface area (Å²) in [5.41, 5.74) is 4.86. The van der Waals surface area contributed by atoms with Crippen LogP contribution >= 0.6 is 0 Å². The van der Waals surface area contributed by atoms with Crippen molar-refractivity contribution in [3.63, 3.8) is 0 Å². The second-order valence-electron chi connectivity index (χ2n) is 7.31. The molecule has 27 heavy (non-hydrogen) atoms. The van der Waals surface area contributed by atoms with E-state index >= 15 is 0 Å². The maximum absolute atomic E-state index is 5.57. The Kier molecular flexibility index (Phi) is 5.44. The minimum absolute atomic E-state index is 0.338. The standard InChI is InChI=1S/C21H27N5O/c1-12(2)17-10-18(13(3)4)26-21(25-17)24-15-7-8-16(19(9-15)27-6)20-22-11-14(5)23-20/h7-13H,1-6H3,(H,22,23)(H,24,25,26). The Morgan fingerprint density at radius 1 is 1.00 bits per heavy atom. The van der Waals surface area contributed by atoms with Crippen molar-refractivity contribution < 1.29 is 4.74 Å². The lowest BCUT2D eigenvalue weighted by Crippen LogP contribution is -2.06. The van der Waals surface area contributed by atoms with Gasteiger partial charge in [-0.15, -0.1) is 0 Å². The van der Waals surface area contributed by atoms with Crippen LogP contribution in [0.1, 0.15) is 56.6 Å². The molecule has 6 heteroatoms. The van der Waals surface area contributed by atoms with Crippen LogP contribution in [0.15, 0.2) is 30.5 Å². The zero-order valence-corrected chi connectivity index (χ0v) is 16.8. The summed E-state index contributed by atoms with van der Waals surface area (Å²) in [5.74, 6) is 2.80. The van der Waals surface area contributed by atoms with Gasteiger partial charge in [0.15, 0.2) is 0 Å². The Morgan fingerprint density at radius 3 is 2.19 bits per heavy atom. The van der Waals surface area contributed by atoms with Crippen molar-refractivity contribution in [1.82, 2.24) is 19.9 Å². The number of H-pyrrole nitrogens is 1. The van der Waals surface area contributed by atoms with E-state index in [4.69, 9.17) is 4.74 Å². The molecule has 2 heterocycles. The summed E-state index contributed by atoms with van der Waals surface area (Å²) in [4.78, 5) is 17.0. The molecule has 3 rings (SSSR count). The van der Waals surface area contributed by atoms with Gasteiger partial charge in [0.25, 0.3) is 0 Å². The molecule has 0 aliphatic carbocycles.